The van der Waals surface area contributed by atoms with Gasteiger partial charge in [-0.25, -0.2) is 4.98 Å². The standard InChI is InChI=1S/C20H12BrNOS/c21-16-8-4-7-14-13(16)9-10-15-18-17(11-23-19(14)15)24-20(22-18)12-5-2-1-3-6-12/h1-10H,11H2. The highest BCUT2D eigenvalue weighted by atomic mass is 79.9. The van der Waals surface area contributed by atoms with Gasteiger partial charge in [0, 0.05) is 21.0 Å². The van der Waals surface area contributed by atoms with Gasteiger partial charge in [0.15, 0.2) is 0 Å². The molecule has 1 aliphatic heterocycles. The Balaban J connectivity index is 1.73. The molecular formula is C20H12BrNOS. The first-order chi connectivity index (χ1) is 11.8. The van der Waals surface area contributed by atoms with E-state index in [-0.39, 0.29) is 0 Å². The predicted octanol–water partition coefficient (Wildman–Crippen LogP) is 6.29. The summed E-state index contributed by atoms with van der Waals surface area (Å²) in [4.78, 5) is 6.11. The molecule has 0 saturated heterocycles. The molecule has 1 aromatic heterocycles. The molecule has 0 radical (unpaired) electrons. The number of fused-ring (bicyclic) bond motifs is 5. The number of rotatable bonds is 1. The zero-order chi connectivity index (χ0) is 16.1. The van der Waals surface area contributed by atoms with E-state index in [9.17, 15) is 0 Å². The van der Waals surface area contributed by atoms with Gasteiger partial charge in [-0.3, -0.25) is 0 Å². The van der Waals surface area contributed by atoms with Crippen LogP contribution < -0.4 is 4.74 Å². The smallest absolute Gasteiger partial charge is 0.137 e. The first-order valence-corrected chi connectivity index (χ1v) is 9.32. The fraction of sp³-hybridized carbons (Fsp3) is 0.0500. The van der Waals surface area contributed by atoms with Gasteiger partial charge in [0.25, 0.3) is 0 Å². The number of aromatic nitrogens is 1. The third kappa shape index (κ3) is 2.10. The van der Waals surface area contributed by atoms with Crippen LogP contribution in [-0.4, -0.2) is 4.98 Å². The zero-order valence-corrected chi connectivity index (χ0v) is 15.0. The SMILES string of the molecule is Brc1cccc2c3c(ccc12)-c1nc(-c2ccccc2)sc1CO3. The van der Waals surface area contributed by atoms with Gasteiger partial charge in [-0.05, 0) is 17.5 Å². The Kier molecular flexibility index (Phi) is 3.21. The third-order valence-electron chi connectivity index (χ3n) is 4.28. The number of ether oxygens (including phenoxy) is 1. The van der Waals surface area contributed by atoms with E-state index < -0.39 is 0 Å². The lowest BCUT2D eigenvalue weighted by atomic mass is 10.0. The van der Waals surface area contributed by atoms with Crippen molar-refractivity contribution in [3.63, 3.8) is 0 Å². The van der Waals surface area contributed by atoms with Crippen molar-refractivity contribution in [1.29, 1.82) is 0 Å². The number of nitrogens with zero attached hydrogens (tertiary/aromatic N) is 1. The summed E-state index contributed by atoms with van der Waals surface area (Å²) in [6.45, 7) is 0.582. The minimum Gasteiger partial charge on any atom is -0.487 e. The molecule has 24 heavy (non-hydrogen) atoms. The Morgan fingerprint density at radius 2 is 1.79 bits per heavy atom. The van der Waals surface area contributed by atoms with Crippen LogP contribution in [0.5, 0.6) is 5.75 Å². The van der Waals surface area contributed by atoms with Crippen molar-refractivity contribution in [1.82, 2.24) is 4.98 Å². The van der Waals surface area contributed by atoms with Crippen molar-refractivity contribution >= 4 is 38.0 Å². The Bertz CT molecular complexity index is 1070. The molecular weight excluding hydrogens is 382 g/mol. The maximum Gasteiger partial charge on any atom is 0.137 e. The summed E-state index contributed by atoms with van der Waals surface area (Å²) in [5, 5.41) is 3.34. The Morgan fingerprint density at radius 1 is 0.917 bits per heavy atom. The van der Waals surface area contributed by atoms with E-state index >= 15 is 0 Å². The molecule has 0 saturated carbocycles. The van der Waals surface area contributed by atoms with E-state index in [0.29, 0.717) is 6.61 Å². The molecule has 0 unspecified atom stereocenters. The number of hydrogen-bond donors (Lipinski definition) is 0. The quantitative estimate of drug-likeness (QED) is 0.379. The molecule has 2 heterocycles. The van der Waals surface area contributed by atoms with Gasteiger partial charge in [0.2, 0.25) is 0 Å². The van der Waals surface area contributed by atoms with E-state index in [0.717, 1.165) is 37.4 Å². The molecule has 0 fully saturated rings. The molecule has 2 nitrogen and oxygen atoms in total. The van der Waals surface area contributed by atoms with Crippen LogP contribution in [0.25, 0.3) is 32.6 Å². The summed E-state index contributed by atoms with van der Waals surface area (Å²) in [6.07, 6.45) is 0. The first-order valence-electron chi connectivity index (χ1n) is 7.71. The molecule has 1 aliphatic rings. The second-order valence-corrected chi connectivity index (χ2v) is 7.66. The summed E-state index contributed by atoms with van der Waals surface area (Å²) in [7, 11) is 0. The fourth-order valence-electron chi connectivity index (χ4n) is 3.14. The summed E-state index contributed by atoms with van der Waals surface area (Å²) < 4.78 is 7.20. The molecule has 3 aromatic carbocycles. The monoisotopic (exact) mass is 393 g/mol. The highest BCUT2D eigenvalue weighted by Crippen LogP contribution is 2.45. The van der Waals surface area contributed by atoms with E-state index in [1.807, 2.05) is 24.3 Å². The van der Waals surface area contributed by atoms with Gasteiger partial charge in [0.05, 0.1) is 10.6 Å². The van der Waals surface area contributed by atoms with Gasteiger partial charge in [-0.2, -0.15) is 0 Å². The number of thiazole rings is 1. The van der Waals surface area contributed by atoms with Gasteiger partial charge in [-0.1, -0.05) is 64.5 Å². The normalized spacial score (nSPS) is 12.5. The molecule has 0 amide bonds. The van der Waals surface area contributed by atoms with E-state index in [1.54, 1.807) is 11.3 Å². The number of halogens is 1. The van der Waals surface area contributed by atoms with Crippen molar-refractivity contribution in [2.24, 2.45) is 0 Å². The van der Waals surface area contributed by atoms with Crippen molar-refractivity contribution in [2.45, 2.75) is 6.61 Å². The second-order valence-electron chi connectivity index (χ2n) is 5.72. The summed E-state index contributed by atoms with van der Waals surface area (Å²) >= 11 is 5.34. The largest absolute Gasteiger partial charge is 0.487 e. The van der Waals surface area contributed by atoms with Crippen LogP contribution in [-0.2, 0) is 6.61 Å². The van der Waals surface area contributed by atoms with Crippen LogP contribution in [0.2, 0.25) is 0 Å². The lowest BCUT2D eigenvalue weighted by molar-refractivity contribution is 0.309. The first kappa shape index (κ1) is 14.2. The van der Waals surface area contributed by atoms with E-state index in [4.69, 9.17) is 9.72 Å². The van der Waals surface area contributed by atoms with Crippen LogP contribution in [0, 0.1) is 0 Å². The van der Waals surface area contributed by atoms with Gasteiger partial charge in [-0.15, -0.1) is 11.3 Å². The minimum atomic E-state index is 0.582. The summed E-state index contributed by atoms with van der Waals surface area (Å²) in [6, 6.07) is 20.8. The van der Waals surface area contributed by atoms with Gasteiger partial charge in [0.1, 0.15) is 17.4 Å². The molecule has 4 heteroatoms. The predicted molar refractivity (Wildman–Crippen MR) is 103 cm³/mol. The van der Waals surface area contributed by atoms with Crippen molar-refractivity contribution in [3.05, 3.63) is 70.0 Å². The maximum absolute atomic E-state index is 6.12. The molecule has 116 valence electrons. The number of hydrogen-bond acceptors (Lipinski definition) is 3. The topological polar surface area (TPSA) is 22.1 Å². The molecule has 5 rings (SSSR count). The molecule has 0 bridgehead atoms. The molecule has 0 aliphatic carbocycles. The average Bonchev–Trinajstić information content (AvgIpc) is 3.07. The van der Waals surface area contributed by atoms with Crippen LogP contribution in [0.3, 0.4) is 0 Å². The van der Waals surface area contributed by atoms with Crippen LogP contribution in [0.1, 0.15) is 4.88 Å². The lowest BCUT2D eigenvalue weighted by Crippen LogP contribution is -2.03. The summed E-state index contributed by atoms with van der Waals surface area (Å²) in [5.74, 6) is 0.936. The highest BCUT2D eigenvalue weighted by Gasteiger charge is 2.24. The molecule has 4 aromatic rings. The number of benzene rings is 3. The van der Waals surface area contributed by atoms with Crippen molar-refractivity contribution in [3.8, 4) is 27.6 Å². The van der Waals surface area contributed by atoms with Crippen molar-refractivity contribution in [2.75, 3.05) is 0 Å². The van der Waals surface area contributed by atoms with E-state index in [1.165, 1.54) is 10.3 Å². The molecule has 0 spiro atoms. The van der Waals surface area contributed by atoms with Gasteiger partial charge < -0.3 is 4.74 Å². The molecule has 0 N–H and O–H groups in total. The summed E-state index contributed by atoms with van der Waals surface area (Å²) in [5.41, 5.74) is 3.30. The van der Waals surface area contributed by atoms with Crippen LogP contribution >= 0.6 is 27.3 Å². The van der Waals surface area contributed by atoms with E-state index in [2.05, 4.69) is 52.3 Å². The maximum atomic E-state index is 6.12. The fourth-order valence-corrected chi connectivity index (χ4v) is 4.63. The van der Waals surface area contributed by atoms with Crippen molar-refractivity contribution < 1.29 is 4.74 Å². The Hall–Kier alpha value is -2.17. The minimum absolute atomic E-state index is 0.582. The Labute approximate surface area is 151 Å². The second kappa shape index (κ2) is 5.43. The Morgan fingerprint density at radius 3 is 2.67 bits per heavy atom. The highest BCUT2D eigenvalue weighted by molar-refractivity contribution is 9.10. The van der Waals surface area contributed by atoms with Crippen LogP contribution in [0.4, 0.5) is 0 Å². The zero-order valence-electron chi connectivity index (χ0n) is 12.6. The average molecular weight is 394 g/mol. The molecule has 0 atom stereocenters. The van der Waals surface area contributed by atoms with Gasteiger partial charge >= 0.3 is 0 Å². The van der Waals surface area contributed by atoms with Crippen LogP contribution in [0.15, 0.2) is 65.1 Å². The lowest BCUT2D eigenvalue weighted by Gasteiger charge is -2.18. The third-order valence-corrected chi connectivity index (χ3v) is 6.05.